The Kier molecular flexibility index (Phi) is 3.62. The summed E-state index contributed by atoms with van der Waals surface area (Å²) in [7, 11) is 3.01. The maximum Gasteiger partial charge on any atom is 0.348 e. The van der Waals surface area contributed by atoms with Gasteiger partial charge in [-0.1, -0.05) is 0 Å². The number of aromatic nitrogens is 2. The Bertz CT molecular complexity index is 778. The molecule has 5 nitrogen and oxygen atoms in total. The first-order valence-electron chi connectivity index (χ1n) is 6.38. The van der Waals surface area contributed by atoms with Gasteiger partial charge >= 0.3 is 5.97 Å². The number of benzene rings is 1. The molecule has 0 bridgehead atoms. The van der Waals surface area contributed by atoms with Crippen LogP contribution in [0.5, 0.6) is 5.75 Å². The van der Waals surface area contributed by atoms with E-state index in [1.165, 1.54) is 18.4 Å². The maximum absolute atomic E-state index is 11.7. The van der Waals surface area contributed by atoms with Gasteiger partial charge in [0.25, 0.3) is 0 Å². The number of esters is 1. The van der Waals surface area contributed by atoms with Crippen LogP contribution in [-0.4, -0.2) is 30.2 Å². The summed E-state index contributed by atoms with van der Waals surface area (Å²) in [4.78, 5) is 19.5. The summed E-state index contributed by atoms with van der Waals surface area (Å²) in [6.07, 6.45) is 4.21. The molecule has 1 N–H and O–H groups in total. The van der Waals surface area contributed by atoms with Crippen molar-refractivity contribution in [3.8, 4) is 5.75 Å². The largest absolute Gasteiger partial charge is 0.496 e. The van der Waals surface area contributed by atoms with Gasteiger partial charge in [-0.3, -0.25) is 0 Å². The van der Waals surface area contributed by atoms with Crippen LogP contribution in [0.3, 0.4) is 0 Å². The van der Waals surface area contributed by atoms with Gasteiger partial charge in [-0.05, 0) is 23.8 Å². The first-order valence-corrected chi connectivity index (χ1v) is 7.20. The summed E-state index contributed by atoms with van der Waals surface area (Å²) < 4.78 is 11.2. The highest BCUT2D eigenvalue weighted by molar-refractivity contribution is 7.20. The number of methoxy groups -OCH3 is 2. The number of thiophene rings is 1. The molecule has 1 aromatic carbocycles. The number of aromatic amines is 1. The smallest absolute Gasteiger partial charge is 0.348 e. The molecular weight excluding hydrogens is 288 g/mol. The number of fused-ring (bicyclic) bond motifs is 1. The molecule has 0 amide bonds. The highest BCUT2D eigenvalue weighted by Crippen LogP contribution is 2.35. The second-order valence-electron chi connectivity index (χ2n) is 4.52. The molecular formula is C15H14N2O3S. The van der Waals surface area contributed by atoms with Crippen molar-refractivity contribution in [2.24, 2.45) is 0 Å². The average molecular weight is 302 g/mol. The van der Waals surface area contributed by atoms with E-state index >= 15 is 0 Å². The number of ether oxygens (including phenoxy) is 2. The van der Waals surface area contributed by atoms with Gasteiger partial charge in [0.05, 0.1) is 14.2 Å². The van der Waals surface area contributed by atoms with Crippen molar-refractivity contribution < 1.29 is 14.3 Å². The van der Waals surface area contributed by atoms with Crippen molar-refractivity contribution in [1.29, 1.82) is 0 Å². The van der Waals surface area contributed by atoms with E-state index in [9.17, 15) is 4.79 Å². The molecule has 0 saturated carbocycles. The van der Waals surface area contributed by atoms with Crippen molar-refractivity contribution in [3.05, 3.63) is 46.9 Å². The number of carbonyl (C=O) groups is 1. The number of nitrogens with zero attached hydrogens (tertiary/aromatic N) is 1. The molecule has 0 aliphatic heterocycles. The number of nitrogens with one attached hydrogen (secondary N) is 1. The molecule has 0 aliphatic carbocycles. The summed E-state index contributed by atoms with van der Waals surface area (Å²) in [6.45, 7) is 0. The van der Waals surface area contributed by atoms with Gasteiger partial charge in [0, 0.05) is 28.9 Å². The molecule has 0 unspecified atom stereocenters. The molecule has 0 spiro atoms. The number of hydrogen-bond acceptors (Lipinski definition) is 5. The van der Waals surface area contributed by atoms with Crippen LogP contribution < -0.4 is 4.74 Å². The van der Waals surface area contributed by atoms with Crippen LogP contribution in [0.4, 0.5) is 0 Å². The average Bonchev–Trinajstić information content (AvgIpc) is 3.14. The minimum atomic E-state index is -0.328. The molecule has 21 heavy (non-hydrogen) atoms. The zero-order chi connectivity index (χ0) is 14.8. The van der Waals surface area contributed by atoms with E-state index in [1.54, 1.807) is 25.6 Å². The number of carbonyl (C=O) groups excluding carboxylic acids is 1. The van der Waals surface area contributed by atoms with E-state index in [1.807, 2.05) is 6.07 Å². The van der Waals surface area contributed by atoms with Crippen LogP contribution in [0, 0.1) is 0 Å². The van der Waals surface area contributed by atoms with Crippen LogP contribution >= 0.6 is 11.3 Å². The van der Waals surface area contributed by atoms with E-state index in [2.05, 4.69) is 16.0 Å². The Morgan fingerprint density at radius 3 is 2.86 bits per heavy atom. The molecule has 6 heteroatoms. The van der Waals surface area contributed by atoms with Gasteiger partial charge < -0.3 is 14.5 Å². The summed E-state index contributed by atoms with van der Waals surface area (Å²) in [6, 6.07) is 5.83. The zero-order valence-corrected chi connectivity index (χ0v) is 12.5. The first-order chi connectivity index (χ1) is 10.2. The molecule has 0 atom stereocenters. The van der Waals surface area contributed by atoms with Gasteiger partial charge in [0.1, 0.15) is 16.5 Å². The number of rotatable bonds is 4. The Morgan fingerprint density at radius 2 is 2.19 bits per heavy atom. The fourth-order valence-corrected chi connectivity index (χ4v) is 3.28. The lowest BCUT2D eigenvalue weighted by Gasteiger charge is -2.05. The number of H-pyrrole nitrogens is 1. The van der Waals surface area contributed by atoms with Crippen molar-refractivity contribution in [3.63, 3.8) is 0 Å². The molecule has 3 rings (SSSR count). The third-order valence-corrected chi connectivity index (χ3v) is 4.25. The van der Waals surface area contributed by atoms with Gasteiger partial charge in [0.15, 0.2) is 0 Å². The van der Waals surface area contributed by atoms with E-state index in [4.69, 9.17) is 9.47 Å². The highest BCUT2D eigenvalue weighted by atomic mass is 32.1. The lowest BCUT2D eigenvalue weighted by molar-refractivity contribution is 0.0606. The first kappa shape index (κ1) is 13.6. The van der Waals surface area contributed by atoms with Crippen molar-refractivity contribution in [2.75, 3.05) is 14.2 Å². The Balaban J connectivity index is 2.05. The van der Waals surface area contributed by atoms with Crippen LogP contribution in [0.15, 0.2) is 30.6 Å². The van der Waals surface area contributed by atoms with E-state index in [-0.39, 0.29) is 5.97 Å². The Hall–Kier alpha value is -2.34. The molecule has 3 aromatic rings. The summed E-state index contributed by atoms with van der Waals surface area (Å²) in [5.74, 6) is 1.31. The van der Waals surface area contributed by atoms with Crippen LogP contribution in [0.2, 0.25) is 0 Å². The molecule has 0 aliphatic rings. The van der Waals surface area contributed by atoms with Crippen LogP contribution in [0.25, 0.3) is 10.1 Å². The molecule has 2 heterocycles. The fourth-order valence-electron chi connectivity index (χ4n) is 2.22. The van der Waals surface area contributed by atoms with Crippen LogP contribution in [-0.2, 0) is 11.2 Å². The molecule has 0 saturated heterocycles. The SMILES string of the molecule is COC(=O)c1cc2c(OC)cc(Cc3ncc[nH]3)cc2s1. The zero-order valence-electron chi connectivity index (χ0n) is 11.7. The van der Waals surface area contributed by atoms with Gasteiger partial charge in [-0.2, -0.15) is 0 Å². The molecule has 108 valence electrons. The topological polar surface area (TPSA) is 64.2 Å². The van der Waals surface area contributed by atoms with Gasteiger partial charge in [0.2, 0.25) is 0 Å². The summed E-state index contributed by atoms with van der Waals surface area (Å²) in [5.41, 5.74) is 1.08. The highest BCUT2D eigenvalue weighted by Gasteiger charge is 2.14. The molecule has 0 radical (unpaired) electrons. The van der Waals surface area contributed by atoms with Crippen LogP contribution in [0.1, 0.15) is 21.1 Å². The Labute approximate surface area is 125 Å². The maximum atomic E-state index is 11.7. The quantitative estimate of drug-likeness (QED) is 0.752. The fraction of sp³-hybridized carbons (Fsp3) is 0.200. The third-order valence-electron chi connectivity index (χ3n) is 3.19. The second-order valence-corrected chi connectivity index (χ2v) is 5.61. The lowest BCUT2D eigenvalue weighted by atomic mass is 10.1. The number of imidazole rings is 1. The summed E-state index contributed by atoms with van der Waals surface area (Å²) in [5, 5.41) is 0.922. The lowest BCUT2D eigenvalue weighted by Crippen LogP contribution is -1.96. The minimum absolute atomic E-state index is 0.328. The van der Waals surface area contributed by atoms with Crippen molar-refractivity contribution >= 4 is 27.4 Å². The monoisotopic (exact) mass is 302 g/mol. The second kappa shape index (κ2) is 5.57. The minimum Gasteiger partial charge on any atom is -0.496 e. The van der Waals surface area contributed by atoms with E-state index in [0.29, 0.717) is 11.3 Å². The van der Waals surface area contributed by atoms with Crippen molar-refractivity contribution in [1.82, 2.24) is 9.97 Å². The summed E-state index contributed by atoms with van der Waals surface area (Å²) >= 11 is 1.40. The predicted octanol–water partition coefficient (Wildman–Crippen LogP) is 3.01. The standard InChI is InChI=1S/C15H14N2O3S/c1-19-11-5-9(7-14-16-3-4-17-14)6-12-10(11)8-13(21-12)15(18)20-2/h3-6,8H,7H2,1-2H3,(H,16,17). The van der Waals surface area contributed by atoms with Crippen molar-refractivity contribution in [2.45, 2.75) is 6.42 Å². The Morgan fingerprint density at radius 1 is 1.33 bits per heavy atom. The molecule has 0 fully saturated rings. The van der Waals surface area contributed by atoms with Gasteiger partial charge in [-0.15, -0.1) is 11.3 Å². The van der Waals surface area contributed by atoms with Gasteiger partial charge in [-0.25, -0.2) is 9.78 Å². The van der Waals surface area contributed by atoms with E-state index < -0.39 is 0 Å². The number of hydrogen-bond donors (Lipinski definition) is 1. The third kappa shape index (κ3) is 2.62. The molecule has 2 aromatic heterocycles. The predicted molar refractivity (Wildman–Crippen MR) is 81.1 cm³/mol. The van der Waals surface area contributed by atoms with E-state index in [0.717, 1.165) is 27.2 Å². The normalized spacial score (nSPS) is 10.8.